The van der Waals surface area contributed by atoms with Gasteiger partial charge in [-0.2, -0.15) is 0 Å². The number of methoxy groups -OCH3 is 1. The van der Waals surface area contributed by atoms with Crippen LogP contribution < -0.4 is 15.0 Å². The Hall–Kier alpha value is -3.41. The highest BCUT2D eigenvalue weighted by Gasteiger charge is 2.11. The summed E-state index contributed by atoms with van der Waals surface area (Å²) < 4.78 is 5.32. The average molecular weight is 362 g/mol. The summed E-state index contributed by atoms with van der Waals surface area (Å²) in [4.78, 5) is 14.2. The molecular weight excluding hydrogens is 340 g/mol. The molecule has 0 aliphatic heterocycles. The number of hydrogen-bond donors (Lipinski definition) is 1. The lowest BCUT2D eigenvalue weighted by Crippen LogP contribution is -2.27. The van der Waals surface area contributed by atoms with E-state index in [4.69, 9.17) is 4.74 Å². The van der Waals surface area contributed by atoms with Gasteiger partial charge in [0.25, 0.3) is 5.91 Å². The summed E-state index contributed by atoms with van der Waals surface area (Å²) >= 11 is 0. The van der Waals surface area contributed by atoms with Crippen LogP contribution in [0.2, 0.25) is 0 Å². The molecule has 138 valence electrons. The van der Waals surface area contributed by atoms with Gasteiger partial charge in [0.1, 0.15) is 5.75 Å². The molecule has 0 spiro atoms. The number of ether oxygens (including phenoxy) is 1. The van der Waals surface area contributed by atoms with E-state index in [0.717, 1.165) is 17.0 Å². The Morgan fingerprint density at radius 1 is 1.00 bits per heavy atom. The summed E-state index contributed by atoms with van der Waals surface area (Å²) in [6.45, 7) is 0.493. The molecule has 0 atom stereocenters. The number of amides is 1. The maximum Gasteiger partial charge on any atom is 0.271 e. The molecule has 0 unspecified atom stereocenters. The highest BCUT2D eigenvalue weighted by Crippen LogP contribution is 2.20. The zero-order valence-corrected chi connectivity index (χ0v) is 15.4. The molecule has 1 amide bonds. The van der Waals surface area contributed by atoms with Gasteiger partial charge in [-0.3, -0.25) is 4.79 Å². The van der Waals surface area contributed by atoms with E-state index >= 15 is 0 Å². The Kier molecular flexibility index (Phi) is 5.99. The number of carbonyl (C=O) groups excluding carboxylic acids is 1. The first-order valence-corrected chi connectivity index (χ1v) is 8.71. The minimum absolute atomic E-state index is 0.244. The molecule has 1 N–H and O–H groups in total. The van der Waals surface area contributed by atoms with Crippen molar-refractivity contribution in [2.75, 3.05) is 25.6 Å². The second-order valence-corrected chi connectivity index (χ2v) is 5.99. The highest BCUT2D eigenvalue weighted by atomic mass is 16.5. The largest absolute Gasteiger partial charge is 0.496 e. The zero-order valence-electron chi connectivity index (χ0n) is 15.4. The molecule has 1 heterocycles. The second kappa shape index (κ2) is 8.80. The quantitative estimate of drug-likeness (QED) is 0.699. The van der Waals surface area contributed by atoms with Crippen LogP contribution in [0.25, 0.3) is 0 Å². The number of benzene rings is 2. The minimum atomic E-state index is -0.244. The molecule has 3 rings (SSSR count). The molecule has 0 aliphatic carbocycles. The Bertz CT molecular complexity index is 882. The maximum atomic E-state index is 12.3. The van der Waals surface area contributed by atoms with E-state index in [-0.39, 0.29) is 5.91 Å². The smallest absolute Gasteiger partial charge is 0.271 e. The average Bonchev–Trinajstić information content (AvgIpc) is 2.74. The van der Waals surface area contributed by atoms with Crippen molar-refractivity contribution in [3.05, 3.63) is 78.0 Å². The van der Waals surface area contributed by atoms with Crippen LogP contribution in [-0.4, -0.2) is 36.8 Å². The zero-order chi connectivity index (χ0) is 19.1. The summed E-state index contributed by atoms with van der Waals surface area (Å²) in [5, 5.41) is 11.1. The van der Waals surface area contributed by atoms with E-state index < -0.39 is 0 Å². The number of nitrogens with one attached hydrogen (secondary N) is 1. The van der Waals surface area contributed by atoms with Crippen molar-refractivity contribution < 1.29 is 9.53 Å². The van der Waals surface area contributed by atoms with Crippen molar-refractivity contribution >= 4 is 17.4 Å². The fourth-order valence-corrected chi connectivity index (χ4v) is 2.72. The number of para-hydroxylation sites is 2. The first kappa shape index (κ1) is 18.4. The van der Waals surface area contributed by atoms with Gasteiger partial charge in [-0.05, 0) is 42.3 Å². The van der Waals surface area contributed by atoms with Crippen LogP contribution in [0.5, 0.6) is 5.75 Å². The third-order valence-corrected chi connectivity index (χ3v) is 4.24. The van der Waals surface area contributed by atoms with Gasteiger partial charge in [0.15, 0.2) is 11.5 Å². The third-order valence-electron chi connectivity index (χ3n) is 4.24. The number of carbonyl (C=O) groups is 1. The van der Waals surface area contributed by atoms with Crippen LogP contribution in [0, 0.1) is 0 Å². The van der Waals surface area contributed by atoms with Gasteiger partial charge >= 0.3 is 0 Å². The van der Waals surface area contributed by atoms with Gasteiger partial charge in [0, 0.05) is 19.3 Å². The standard InChI is InChI=1S/C21H22N4O2/c1-25(17-9-4-3-5-10-17)20-13-12-18(23-24-20)21(26)22-15-14-16-8-6-7-11-19(16)27-2/h3-13H,14-15H2,1-2H3,(H,22,26). The number of hydrogen-bond acceptors (Lipinski definition) is 5. The topological polar surface area (TPSA) is 67.3 Å². The summed E-state index contributed by atoms with van der Waals surface area (Å²) in [5.74, 6) is 1.25. The SMILES string of the molecule is COc1ccccc1CCNC(=O)c1ccc(N(C)c2ccccc2)nn1. The molecule has 27 heavy (non-hydrogen) atoms. The van der Waals surface area contributed by atoms with Crippen molar-refractivity contribution in [2.24, 2.45) is 0 Å². The molecule has 0 saturated carbocycles. The lowest BCUT2D eigenvalue weighted by molar-refractivity contribution is 0.0948. The Balaban J connectivity index is 1.57. The van der Waals surface area contributed by atoms with Gasteiger partial charge in [-0.1, -0.05) is 36.4 Å². The molecule has 0 bridgehead atoms. The van der Waals surface area contributed by atoms with Gasteiger partial charge < -0.3 is 15.0 Å². The third kappa shape index (κ3) is 4.61. The molecule has 6 heteroatoms. The summed E-state index contributed by atoms with van der Waals surface area (Å²) in [7, 11) is 3.55. The Morgan fingerprint density at radius 2 is 1.74 bits per heavy atom. The van der Waals surface area contributed by atoms with E-state index in [0.29, 0.717) is 24.5 Å². The molecule has 1 aromatic heterocycles. The lowest BCUT2D eigenvalue weighted by atomic mass is 10.1. The Labute approximate surface area is 158 Å². The summed E-state index contributed by atoms with van der Waals surface area (Å²) in [6.07, 6.45) is 0.679. The molecular formula is C21H22N4O2. The number of nitrogens with zero attached hydrogens (tertiary/aromatic N) is 3. The predicted octanol–water partition coefficient (Wildman–Crippen LogP) is 3.23. The molecule has 0 fully saturated rings. The Morgan fingerprint density at radius 3 is 2.44 bits per heavy atom. The number of aromatic nitrogens is 2. The van der Waals surface area contributed by atoms with Crippen molar-refractivity contribution in [1.29, 1.82) is 0 Å². The maximum absolute atomic E-state index is 12.3. The number of rotatable bonds is 7. The normalized spacial score (nSPS) is 10.3. The van der Waals surface area contributed by atoms with Crippen LogP contribution in [0.1, 0.15) is 16.1 Å². The van der Waals surface area contributed by atoms with E-state index in [1.807, 2.05) is 66.5 Å². The van der Waals surface area contributed by atoms with Crippen LogP contribution >= 0.6 is 0 Å². The molecule has 0 radical (unpaired) electrons. The van der Waals surface area contributed by atoms with E-state index in [2.05, 4.69) is 15.5 Å². The summed E-state index contributed by atoms with van der Waals surface area (Å²) in [5.41, 5.74) is 2.34. The van der Waals surface area contributed by atoms with Crippen LogP contribution in [-0.2, 0) is 6.42 Å². The van der Waals surface area contributed by atoms with Gasteiger partial charge in [0.05, 0.1) is 7.11 Å². The molecule has 6 nitrogen and oxygen atoms in total. The monoisotopic (exact) mass is 362 g/mol. The molecule has 2 aromatic carbocycles. The molecule has 0 saturated heterocycles. The van der Waals surface area contributed by atoms with Crippen LogP contribution in [0.4, 0.5) is 11.5 Å². The van der Waals surface area contributed by atoms with Gasteiger partial charge in [0.2, 0.25) is 0 Å². The first-order chi connectivity index (χ1) is 13.2. The number of anilines is 2. The van der Waals surface area contributed by atoms with Crippen molar-refractivity contribution in [3.8, 4) is 5.75 Å². The highest BCUT2D eigenvalue weighted by molar-refractivity contribution is 5.92. The molecule has 3 aromatic rings. The van der Waals surface area contributed by atoms with E-state index in [1.165, 1.54) is 0 Å². The van der Waals surface area contributed by atoms with Crippen molar-refractivity contribution in [2.45, 2.75) is 6.42 Å². The minimum Gasteiger partial charge on any atom is -0.496 e. The second-order valence-electron chi connectivity index (χ2n) is 5.99. The first-order valence-electron chi connectivity index (χ1n) is 8.71. The van der Waals surface area contributed by atoms with Gasteiger partial charge in [-0.15, -0.1) is 10.2 Å². The van der Waals surface area contributed by atoms with E-state index in [9.17, 15) is 4.79 Å². The lowest BCUT2D eigenvalue weighted by Gasteiger charge is -2.17. The fourth-order valence-electron chi connectivity index (χ4n) is 2.72. The van der Waals surface area contributed by atoms with Crippen molar-refractivity contribution in [3.63, 3.8) is 0 Å². The molecule has 0 aliphatic rings. The fraction of sp³-hybridized carbons (Fsp3) is 0.190. The predicted molar refractivity (Wildman–Crippen MR) is 106 cm³/mol. The summed E-state index contributed by atoms with van der Waals surface area (Å²) in [6, 6.07) is 21.1. The van der Waals surface area contributed by atoms with Crippen LogP contribution in [0.3, 0.4) is 0 Å². The van der Waals surface area contributed by atoms with Crippen molar-refractivity contribution in [1.82, 2.24) is 15.5 Å². The van der Waals surface area contributed by atoms with E-state index in [1.54, 1.807) is 19.2 Å². The van der Waals surface area contributed by atoms with Crippen LogP contribution in [0.15, 0.2) is 66.7 Å². The van der Waals surface area contributed by atoms with Gasteiger partial charge in [-0.25, -0.2) is 0 Å².